The number of piperidine rings is 1. The highest BCUT2D eigenvalue weighted by atomic mass is 15.1. The molecule has 0 radical (unpaired) electrons. The van der Waals surface area contributed by atoms with E-state index in [-0.39, 0.29) is 0 Å². The summed E-state index contributed by atoms with van der Waals surface area (Å²) in [6.07, 6.45) is 9.50. The van der Waals surface area contributed by atoms with Gasteiger partial charge in [-0.3, -0.25) is 0 Å². The molecule has 1 saturated heterocycles. The van der Waals surface area contributed by atoms with Crippen molar-refractivity contribution in [1.29, 1.82) is 0 Å². The van der Waals surface area contributed by atoms with Crippen LogP contribution in [0.25, 0.3) is 0 Å². The fraction of sp³-hybridized carbons (Fsp3) is 0.667. The van der Waals surface area contributed by atoms with Gasteiger partial charge in [-0.25, -0.2) is 0 Å². The monoisotopic (exact) mass is 272 g/mol. The zero-order chi connectivity index (χ0) is 13.8. The van der Waals surface area contributed by atoms with E-state index in [1.165, 1.54) is 69.4 Å². The molecule has 0 spiro atoms. The lowest BCUT2D eigenvalue weighted by atomic mass is 9.87. The first kappa shape index (κ1) is 13.8. The topological polar surface area (TPSA) is 15.3 Å². The summed E-state index contributed by atoms with van der Waals surface area (Å²) in [5.41, 5.74) is 2.78. The third-order valence-electron chi connectivity index (χ3n) is 4.98. The highest BCUT2D eigenvalue weighted by molar-refractivity contribution is 5.70. The van der Waals surface area contributed by atoms with Crippen LogP contribution in [0.15, 0.2) is 24.3 Å². The average Bonchev–Trinajstić information content (AvgIpc) is 2.51. The van der Waals surface area contributed by atoms with Crippen molar-refractivity contribution in [3.8, 4) is 0 Å². The summed E-state index contributed by atoms with van der Waals surface area (Å²) in [5, 5.41) is 3.83. The van der Waals surface area contributed by atoms with Crippen molar-refractivity contribution in [2.45, 2.75) is 57.9 Å². The SMILES string of the molecule is CC1CCC(Nc2ccccc2N2CCCCC2)CC1. The number of para-hydroxylation sites is 2. The van der Waals surface area contributed by atoms with Gasteiger partial charge in [0, 0.05) is 19.1 Å². The van der Waals surface area contributed by atoms with E-state index >= 15 is 0 Å². The summed E-state index contributed by atoms with van der Waals surface area (Å²) in [6.45, 7) is 4.83. The highest BCUT2D eigenvalue weighted by Gasteiger charge is 2.20. The Hall–Kier alpha value is -1.18. The first-order valence-electron chi connectivity index (χ1n) is 8.43. The van der Waals surface area contributed by atoms with Crippen LogP contribution in [0.3, 0.4) is 0 Å². The zero-order valence-electron chi connectivity index (χ0n) is 12.8. The molecule has 20 heavy (non-hydrogen) atoms. The molecule has 2 aliphatic rings. The molecule has 1 N–H and O–H groups in total. The van der Waals surface area contributed by atoms with Crippen LogP contribution in [0.1, 0.15) is 51.9 Å². The molecular formula is C18H28N2. The van der Waals surface area contributed by atoms with Crippen LogP contribution in [0, 0.1) is 5.92 Å². The van der Waals surface area contributed by atoms with Gasteiger partial charge in [0.15, 0.2) is 0 Å². The average molecular weight is 272 g/mol. The molecule has 0 aromatic heterocycles. The Morgan fingerprint density at radius 2 is 1.65 bits per heavy atom. The fourth-order valence-electron chi connectivity index (χ4n) is 3.63. The van der Waals surface area contributed by atoms with Crippen molar-refractivity contribution in [3.63, 3.8) is 0 Å². The highest BCUT2D eigenvalue weighted by Crippen LogP contribution is 2.32. The minimum atomic E-state index is 0.678. The van der Waals surface area contributed by atoms with Crippen LogP contribution in [-0.4, -0.2) is 19.1 Å². The van der Waals surface area contributed by atoms with Crippen molar-refractivity contribution in [2.24, 2.45) is 5.92 Å². The molecule has 0 bridgehead atoms. The Morgan fingerprint density at radius 3 is 2.40 bits per heavy atom. The number of anilines is 2. The number of nitrogens with zero attached hydrogens (tertiary/aromatic N) is 1. The van der Waals surface area contributed by atoms with Crippen LogP contribution in [0.4, 0.5) is 11.4 Å². The Balaban J connectivity index is 1.69. The Kier molecular flexibility index (Phi) is 4.49. The normalized spacial score (nSPS) is 27.4. The Bertz CT molecular complexity index is 415. The maximum Gasteiger partial charge on any atom is 0.0602 e. The molecule has 0 unspecified atom stereocenters. The fourth-order valence-corrected chi connectivity index (χ4v) is 3.63. The summed E-state index contributed by atoms with van der Waals surface area (Å²) >= 11 is 0. The molecule has 1 heterocycles. The molecule has 2 fully saturated rings. The minimum absolute atomic E-state index is 0.678. The predicted octanol–water partition coefficient (Wildman–Crippen LogP) is 4.67. The van der Waals surface area contributed by atoms with Crippen molar-refractivity contribution >= 4 is 11.4 Å². The largest absolute Gasteiger partial charge is 0.381 e. The van der Waals surface area contributed by atoms with Crippen molar-refractivity contribution in [1.82, 2.24) is 0 Å². The number of nitrogens with one attached hydrogen (secondary N) is 1. The first-order chi connectivity index (χ1) is 9.83. The molecule has 2 heteroatoms. The molecule has 3 rings (SSSR count). The van der Waals surface area contributed by atoms with Crippen LogP contribution >= 0.6 is 0 Å². The summed E-state index contributed by atoms with van der Waals surface area (Å²) in [5.74, 6) is 0.922. The van der Waals surface area contributed by atoms with Gasteiger partial charge in [-0.15, -0.1) is 0 Å². The van der Waals surface area contributed by atoms with Gasteiger partial charge >= 0.3 is 0 Å². The van der Waals surface area contributed by atoms with E-state index in [1.54, 1.807) is 0 Å². The first-order valence-corrected chi connectivity index (χ1v) is 8.43. The summed E-state index contributed by atoms with van der Waals surface area (Å²) in [7, 11) is 0. The van der Waals surface area contributed by atoms with Crippen molar-refractivity contribution < 1.29 is 0 Å². The number of hydrogen-bond acceptors (Lipinski definition) is 2. The second kappa shape index (κ2) is 6.51. The molecule has 1 aliphatic heterocycles. The maximum atomic E-state index is 3.83. The summed E-state index contributed by atoms with van der Waals surface area (Å²) in [4.78, 5) is 2.57. The Labute approximate surface area is 123 Å². The van der Waals surface area contributed by atoms with Crippen LogP contribution in [-0.2, 0) is 0 Å². The van der Waals surface area contributed by atoms with E-state index in [0.717, 1.165) is 5.92 Å². The molecule has 1 aliphatic carbocycles. The lowest BCUT2D eigenvalue weighted by Crippen LogP contribution is -2.31. The van der Waals surface area contributed by atoms with E-state index in [2.05, 4.69) is 41.4 Å². The smallest absolute Gasteiger partial charge is 0.0602 e. The van der Waals surface area contributed by atoms with E-state index in [1.807, 2.05) is 0 Å². The molecule has 1 aromatic rings. The van der Waals surface area contributed by atoms with Gasteiger partial charge in [0.1, 0.15) is 0 Å². The van der Waals surface area contributed by atoms with Gasteiger partial charge in [-0.05, 0) is 63.0 Å². The van der Waals surface area contributed by atoms with Gasteiger partial charge < -0.3 is 10.2 Å². The number of benzene rings is 1. The van der Waals surface area contributed by atoms with Crippen LogP contribution in [0.5, 0.6) is 0 Å². The van der Waals surface area contributed by atoms with Crippen molar-refractivity contribution in [3.05, 3.63) is 24.3 Å². The third-order valence-corrected chi connectivity index (χ3v) is 4.98. The van der Waals surface area contributed by atoms with E-state index in [4.69, 9.17) is 0 Å². The van der Waals surface area contributed by atoms with E-state index < -0.39 is 0 Å². The van der Waals surface area contributed by atoms with Crippen LogP contribution < -0.4 is 10.2 Å². The standard InChI is InChI=1S/C18H28N2/c1-15-9-11-16(12-10-15)19-17-7-3-4-8-18(17)20-13-5-2-6-14-20/h3-4,7-8,15-16,19H,2,5-6,9-14H2,1H3. The second-order valence-corrected chi connectivity index (χ2v) is 6.67. The maximum absolute atomic E-state index is 3.83. The van der Waals surface area contributed by atoms with Crippen LogP contribution in [0.2, 0.25) is 0 Å². The van der Waals surface area contributed by atoms with Crippen molar-refractivity contribution in [2.75, 3.05) is 23.3 Å². The molecule has 2 nitrogen and oxygen atoms in total. The van der Waals surface area contributed by atoms with Gasteiger partial charge in [0.05, 0.1) is 11.4 Å². The summed E-state index contributed by atoms with van der Waals surface area (Å²) < 4.78 is 0. The minimum Gasteiger partial charge on any atom is -0.381 e. The second-order valence-electron chi connectivity index (χ2n) is 6.67. The predicted molar refractivity (Wildman–Crippen MR) is 87.5 cm³/mol. The van der Waals surface area contributed by atoms with Gasteiger partial charge in [-0.2, -0.15) is 0 Å². The molecular weight excluding hydrogens is 244 g/mol. The van der Waals surface area contributed by atoms with E-state index in [9.17, 15) is 0 Å². The summed E-state index contributed by atoms with van der Waals surface area (Å²) in [6, 6.07) is 9.58. The molecule has 1 saturated carbocycles. The molecule has 110 valence electrons. The third kappa shape index (κ3) is 3.28. The van der Waals surface area contributed by atoms with E-state index in [0.29, 0.717) is 6.04 Å². The quantitative estimate of drug-likeness (QED) is 0.860. The Morgan fingerprint density at radius 1 is 0.950 bits per heavy atom. The van der Waals surface area contributed by atoms with Gasteiger partial charge in [0.2, 0.25) is 0 Å². The molecule has 1 aromatic carbocycles. The van der Waals surface area contributed by atoms with Gasteiger partial charge in [0.25, 0.3) is 0 Å². The van der Waals surface area contributed by atoms with Gasteiger partial charge in [-0.1, -0.05) is 19.1 Å². The molecule has 0 amide bonds. The zero-order valence-corrected chi connectivity index (χ0v) is 12.8. The number of hydrogen-bond donors (Lipinski definition) is 1. The lowest BCUT2D eigenvalue weighted by molar-refractivity contribution is 0.361. The number of rotatable bonds is 3. The lowest BCUT2D eigenvalue weighted by Gasteiger charge is -2.33. The molecule has 0 atom stereocenters.